The van der Waals surface area contributed by atoms with Gasteiger partial charge >= 0.3 is 0 Å². The molecule has 0 aliphatic rings. The molecule has 2 heterocycles. The van der Waals surface area contributed by atoms with Crippen LogP contribution in [0.5, 0.6) is 5.88 Å². The van der Waals surface area contributed by atoms with Crippen LogP contribution in [0.25, 0.3) is 16.9 Å². The van der Waals surface area contributed by atoms with E-state index < -0.39 is 6.09 Å². The van der Waals surface area contributed by atoms with Crippen molar-refractivity contribution in [2.75, 3.05) is 7.11 Å². The number of nitrogens with zero attached hydrogens (tertiary/aromatic N) is 3. The summed E-state index contributed by atoms with van der Waals surface area (Å²) in [7, 11) is 1.58. The number of benzene rings is 1. The Morgan fingerprint density at radius 1 is 1.22 bits per heavy atom. The Bertz CT molecular complexity index is 915. The summed E-state index contributed by atoms with van der Waals surface area (Å²) in [5.41, 5.74) is 4.57. The number of carbonyl (C=O) groups excluding carboxylic acids is 1. The molecular weight excluding hydrogens is 344 g/mol. The Kier molecular flexibility index (Phi) is 5.40. The molecule has 7 nitrogen and oxygen atoms in total. The van der Waals surface area contributed by atoms with Crippen molar-refractivity contribution in [3.05, 3.63) is 59.9 Å². The van der Waals surface area contributed by atoms with E-state index in [1.54, 1.807) is 19.4 Å². The van der Waals surface area contributed by atoms with Gasteiger partial charge in [0.05, 0.1) is 30.4 Å². The van der Waals surface area contributed by atoms with E-state index in [9.17, 15) is 9.90 Å². The molecule has 0 aliphatic heterocycles. The summed E-state index contributed by atoms with van der Waals surface area (Å²) in [4.78, 5) is 14.8. The highest BCUT2D eigenvalue weighted by Crippen LogP contribution is 2.27. The van der Waals surface area contributed by atoms with E-state index >= 15 is 0 Å². The summed E-state index contributed by atoms with van der Waals surface area (Å²) in [6.07, 6.45) is 0.433. The molecule has 0 spiro atoms. The second-order valence-electron chi connectivity index (χ2n) is 6.42. The number of ether oxygens (including phenoxy) is 1. The lowest BCUT2D eigenvalue weighted by molar-refractivity contribution is -0.251. The number of hydrogen-bond donors (Lipinski definition) is 1. The van der Waals surface area contributed by atoms with Crippen molar-refractivity contribution in [2.24, 2.45) is 0 Å². The topological polar surface area (TPSA) is 92.1 Å². The van der Waals surface area contributed by atoms with E-state index in [-0.39, 0.29) is 12.5 Å². The van der Waals surface area contributed by atoms with Crippen LogP contribution < -0.4 is 15.2 Å². The van der Waals surface area contributed by atoms with Gasteiger partial charge in [0, 0.05) is 18.2 Å². The maximum Gasteiger partial charge on any atom is 0.213 e. The molecule has 0 unspecified atom stereocenters. The minimum absolute atomic E-state index is 0.210. The molecule has 27 heavy (non-hydrogen) atoms. The number of hydrogen-bond acceptors (Lipinski definition) is 5. The van der Waals surface area contributed by atoms with Gasteiger partial charge in [-0.2, -0.15) is 5.10 Å². The lowest BCUT2D eigenvalue weighted by atomic mass is 10.1. The third-order valence-electron chi connectivity index (χ3n) is 4.18. The second kappa shape index (κ2) is 7.90. The van der Waals surface area contributed by atoms with Gasteiger partial charge in [-0.25, -0.2) is 9.67 Å². The third-order valence-corrected chi connectivity index (χ3v) is 4.18. The Morgan fingerprint density at radius 3 is 2.52 bits per heavy atom. The number of aromatic nitrogens is 3. The number of nitrogens with one attached hydrogen (secondary N) is 1. The lowest BCUT2D eigenvalue weighted by Crippen LogP contribution is -2.35. The molecule has 0 aliphatic carbocycles. The molecule has 3 rings (SSSR count). The van der Waals surface area contributed by atoms with Crippen molar-refractivity contribution in [1.29, 1.82) is 0 Å². The fourth-order valence-electron chi connectivity index (χ4n) is 2.67. The van der Waals surface area contributed by atoms with Crippen LogP contribution >= 0.6 is 0 Å². The van der Waals surface area contributed by atoms with Gasteiger partial charge in [-0.15, -0.1) is 0 Å². The number of carbonyl (C=O) groups is 1. The Morgan fingerprint density at radius 2 is 1.96 bits per heavy atom. The average Bonchev–Trinajstić information content (AvgIpc) is 3.12. The van der Waals surface area contributed by atoms with Crippen molar-refractivity contribution in [1.82, 2.24) is 20.1 Å². The van der Waals surface area contributed by atoms with Crippen molar-refractivity contribution in [2.45, 2.75) is 26.3 Å². The highest BCUT2D eigenvalue weighted by Gasteiger charge is 2.14. The van der Waals surface area contributed by atoms with Crippen LogP contribution in [-0.4, -0.2) is 28.0 Å². The predicted octanol–water partition coefficient (Wildman–Crippen LogP) is 2.50. The van der Waals surface area contributed by atoms with Crippen LogP contribution in [0.2, 0.25) is 0 Å². The summed E-state index contributed by atoms with van der Waals surface area (Å²) < 4.78 is 6.98. The molecule has 140 valence electrons. The summed E-state index contributed by atoms with van der Waals surface area (Å²) in [6, 6.07) is 13.4. The first kappa shape index (κ1) is 18.4. The number of methoxy groups -OCH3 is 1. The summed E-state index contributed by atoms with van der Waals surface area (Å²) >= 11 is 0. The molecule has 0 bridgehead atoms. The highest BCUT2D eigenvalue weighted by atomic mass is 16.5. The number of carboxylic acid groups (broad SMARTS) is 1. The van der Waals surface area contributed by atoms with Gasteiger partial charge in [0.2, 0.25) is 5.88 Å². The van der Waals surface area contributed by atoms with E-state index in [1.165, 1.54) is 0 Å². The normalized spacial score (nSPS) is 10.8. The highest BCUT2D eigenvalue weighted by molar-refractivity contribution is 5.64. The third kappa shape index (κ3) is 4.25. The molecule has 0 atom stereocenters. The van der Waals surface area contributed by atoms with E-state index in [0.29, 0.717) is 5.88 Å². The Balaban J connectivity index is 1.97. The van der Waals surface area contributed by atoms with Gasteiger partial charge in [-0.3, -0.25) is 0 Å². The van der Waals surface area contributed by atoms with Crippen molar-refractivity contribution in [3.63, 3.8) is 0 Å². The SMILES string of the molecule is COc1ccc(-n2nc(C(C)C)cc2-c2ccc(CNC(=O)[O-])cc2)cn1. The predicted molar refractivity (Wildman–Crippen MR) is 99.7 cm³/mol. The Labute approximate surface area is 157 Å². The molecular formula is C20H21N4O3-. The molecule has 7 heteroatoms. The smallest absolute Gasteiger partial charge is 0.213 e. The second-order valence-corrected chi connectivity index (χ2v) is 6.42. The number of rotatable bonds is 6. The molecule has 1 N–H and O–H groups in total. The standard InChI is InChI=1S/C20H22N4O3/c1-13(2)17-10-18(15-6-4-14(5-7-15)11-22-20(25)26)24(23-17)16-8-9-19(27-3)21-12-16/h4-10,12-13,22H,11H2,1-3H3,(H,25,26)/p-1. The van der Waals surface area contributed by atoms with Gasteiger partial charge in [-0.1, -0.05) is 38.1 Å². The van der Waals surface area contributed by atoms with Crippen molar-refractivity contribution in [3.8, 4) is 22.8 Å². The Hall–Kier alpha value is -3.35. The van der Waals surface area contributed by atoms with E-state index in [2.05, 4.69) is 30.2 Å². The molecule has 3 aromatic rings. The minimum Gasteiger partial charge on any atom is -0.530 e. The maximum absolute atomic E-state index is 10.5. The summed E-state index contributed by atoms with van der Waals surface area (Å²) in [5.74, 6) is 0.823. The van der Waals surface area contributed by atoms with Crippen molar-refractivity contribution >= 4 is 6.09 Å². The van der Waals surface area contributed by atoms with Gasteiger partial charge in [-0.05, 0) is 23.6 Å². The number of pyridine rings is 1. The van der Waals surface area contributed by atoms with E-state index in [1.807, 2.05) is 35.0 Å². The van der Waals surface area contributed by atoms with Gasteiger partial charge < -0.3 is 20.0 Å². The molecule has 2 aromatic heterocycles. The van der Waals surface area contributed by atoms with Crippen LogP contribution in [0.1, 0.15) is 31.0 Å². The van der Waals surface area contributed by atoms with E-state index in [4.69, 9.17) is 9.84 Å². The molecule has 1 aromatic carbocycles. The largest absolute Gasteiger partial charge is 0.530 e. The zero-order valence-corrected chi connectivity index (χ0v) is 15.5. The van der Waals surface area contributed by atoms with Crippen LogP contribution in [-0.2, 0) is 6.54 Å². The van der Waals surface area contributed by atoms with Crippen LogP contribution in [0.15, 0.2) is 48.7 Å². The zero-order valence-electron chi connectivity index (χ0n) is 15.5. The zero-order chi connectivity index (χ0) is 19.4. The van der Waals surface area contributed by atoms with Crippen LogP contribution in [0.3, 0.4) is 0 Å². The lowest BCUT2D eigenvalue weighted by Gasteiger charge is -2.10. The van der Waals surface area contributed by atoms with Crippen LogP contribution in [0, 0.1) is 0 Å². The fourth-order valence-corrected chi connectivity index (χ4v) is 2.67. The average molecular weight is 365 g/mol. The molecule has 0 saturated carbocycles. The molecule has 0 radical (unpaired) electrons. The maximum atomic E-state index is 10.5. The van der Waals surface area contributed by atoms with E-state index in [0.717, 1.165) is 28.2 Å². The first-order chi connectivity index (χ1) is 13.0. The first-order valence-electron chi connectivity index (χ1n) is 8.62. The van der Waals surface area contributed by atoms with Crippen LogP contribution in [0.4, 0.5) is 4.79 Å². The monoisotopic (exact) mass is 365 g/mol. The molecule has 1 amide bonds. The quantitative estimate of drug-likeness (QED) is 0.724. The van der Waals surface area contributed by atoms with Crippen molar-refractivity contribution < 1.29 is 14.6 Å². The molecule has 0 saturated heterocycles. The molecule has 0 fully saturated rings. The summed E-state index contributed by atoms with van der Waals surface area (Å²) in [6.45, 7) is 4.40. The van der Waals surface area contributed by atoms with Gasteiger partial charge in [0.1, 0.15) is 6.09 Å². The number of amides is 1. The fraction of sp³-hybridized carbons (Fsp3) is 0.250. The minimum atomic E-state index is -1.29. The first-order valence-corrected chi connectivity index (χ1v) is 8.62. The van der Waals surface area contributed by atoms with Gasteiger partial charge in [0.25, 0.3) is 0 Å². The van der Waals surface area contributed by atoms with Gasteiger partial charge in [0.15, 0.2) is 0 Å². The summed E-state index contributed by atoms with van der Waals surface area (Å²) in [5, 5.41) is 17.5.